The van der Waals surface area contributed by atoms with E-state index in [2.05, 4.69) is 16.0 Å². The average molecular weight is 1090 g/mol. The highest BCUT2D eigenvalue weighted by Crippen LogP contribution is 2.47. The molecule has 4 amide bonds. The van der Waals surface area contributed by atoms with Gasteiger partial charge in [-0.05, 0) is 141 Å². The number of hydrogen-bond donors (Lipinski definition) is 3. The lowest BCUT2D eigenvalue weighted by Crippen LogP contribution is -2.55. The fourth-order valence-electron chi connectivity index (χ4n) is 10.2. The Morgan fingerprint density at radius 1 is 0.880 bits per heavy atom. The summed E-state index contributed by atoms with van der Waals surface area (Å²) in [4.78, 5) is 80.0. The maximum absolute atomic E-state index is 14.2. The Balaban J connectivity index is 0.891. The molecule has 2 unspecified atom stereocenters. The van der Waals surface area contributed by atoms with Gasteiger partial charge in [-0.15, -0.1) is 11.3 Å². The number of benzene rings is 3. The van der Waals surface area contributed by atoms with Crippen LogP contribution in [0, 0.1) is 0 Å². The van der Waals surface area contributed by atoms with Gasteiger partial charge in [0.05, 0.1) is 21.7 Å². The molecule has 402 valence electrons. The molecule has 0 radical (unpaired) electrons. The molecule has 3 fully saturated rings. The number of urea groups is 1. The number of esters is 2. The molecule has 75 heavy (non-hydrogen) atoms. The minimum absolute atomic E-state index is 0.0213. The van der Waals surface area contributed by atoms with Crippen LogP contribution in [0.25, 0.3) is 21.5 Å². The van der Waals surface area contributed by atoms with Crippen molar-refractivity contribution in [1.29, 1.82) is 0 Å². The smallest absolute Gasteiger partial charge is 0.352 e. The first-order chi connectivity index (χ1) is 35.2. The van der Waals surface area contributed by atoms with Crippen LogP contribution in [0.5, 0.6) is 5.75 Å². The SMILES string of the molecule is Cn1c(=O)n(C2CCC(=O)NC2=O)c2ccc(C3CCCN(C(=O)Nc4cccc(CS(=O)(=O)N5CC[C@H](Nc6cccc(-c7sc(C(=O)OC(C)(C)C)c(OCC(=O)OC(C)(C)C)c7Cl)c6)CC5(C)C)c4)C3)cc21. The second kappa shape index (κ2) is 21.4. The lowest BCUT2D eigenvalue weighted by atomic mass is 9.89. The summed E-state index contributed by atoms with van der Waals surface area (Å²) in [5.74, 6) is -2.38. The van der Waals surface area contributed by atoms with Crippen LogP contribution in [0.15, 0.2) is 71.5 Å². The fourth-order valence-corrected chi connectivity index (χ4v) is 13.6. The van der Waals surface area contributed by atoms with Crippen LogP contribution in [0.4, 0.5) is 16.2 Å². The number of aryl methyl sites for hydroxylation is 1. The van der Waals surface area contributed by atoms with Crippen molar-refractivity contribution in [3.05, 3.63) is 98.2 Å². The number of sulfonamides is 1. The number of nitrogens with one attached hydrogen (secondary N) is 3. The Kier molecular flexibility index (Phi) is 15.7. The molecule has 3 saturated heterocycles. The maximum atomic E-state index is 14.2. The number of thiophene rings is 1. The van der Waals surface area contributed by atoms with Gasteiger partial charge in [0.25, 0.3) is 0 Å². The number of amides is 4. The van der Waals surface area contributed by atoms with E-state index in [1.807, 2.05) is 56.3 Å². The van der Waals surface area contributed by atoms with Crippen molar-refractivity contribution in [2.45, 2.75) is 134 Å². The number of imidazole rings is 1. The number of fused-ring (bicyclic) bond motifs is 1. The number of rotatable bonds is 13. The number of aromatic nitrogens is 2. The molecule has 3 aliphatic heterocycles. The van der Waals surface area contributed by atoms with Crippen molar-refractivity contribution >= 4 is 85.2 Å². The minimum atomic E-state index is -3.83. The first-order valence-electron chi connectivity index (χ1n) is 25.1. The second-order valence-corrected chi connectivity index (χ2v) is 25.5. The first kappa shape index (κ1) is 55.0. The van der Waals surface area contributed by atoms with Gasteiger partial charge in [-0.3, -0.25) is 24.0 Å². The molecule has 3 aromatic carbocycles. The number of anilines is 2. The van der Waals surface area contributed by atoms with Gasteiger partial charge >= 0.3 is 23.7 Å². The highest BCUT2D eigenvalue weighted by Gasteiger charge is 2.42. The van der Waals surface area contributed by atoms with Crippen LogP contribution in [-0.4, -0.2) is 106 Å². The maximum Gasteiger partial charge on any atom is 0.352 e. The van der Waals surface area contributed by atoms with Gasteiger partial charge < -0.3 is 29.7 Å². The molecular formula is C54H66ClN7O11S2. The standard InChI is InChI=1S/C54H66ClN7O11S2/c1-52(2,3)72-43(64)30-71-45-44(55)46(74-47(45)49(66)73-53(4,5)6)34-14-11-17-37(26-34)56-38-22-24-61(54(7,8)28-38)75(69,70)31-32-13-10-16-36(25-32)57-50(67)60-23-12-15-35(29-60)33-18-19-39-41(27-33)59(9)51(68)62(39)40-20-21-42(63)58-48(40)65/h10-11,13-14,16-19,25-27,35,38,40,56H,12,15,20-24,28-31H2,1-9H3,(H,57,67)(H,58,63,65)/t35?,38-,40?/m0/s1. The zero-order chi connectivity index (χ0) is 54.4. The van der Waals surface area contributed by atoms with Crippen molar-refractivity contribution in [1.82, 2.24) is 23.7 Å². The van der Waals surface area contributed by atoms with Gasteiger partial charge in [-0.25, -0.2) is 27.6 Å². The Labute approximate surface area is 446 Å². The Morgan fingerprint density at radius 2 is 1.60 bits per heavy atom. The summed E-state index contributed by atoms with van der Waals surface area (Å²) in [5, 5.41) is 9.07. The van der Waals surface area contributed by atoms with E-state index in [9.17, 15) is 37.2 Å². The van der Waals surface area contributed by atoms with Crippen molar-refractivity contribution in [2.24, 2.45) is 7.05 Å². The molecule has 3 aliphatic rings. The van der Waals surface area contributed by atoms with Crippen LogP contribution < -0.4 is 26.4 Å². The van der Waals surface area contributed by atoms with Crippen LogP contribution in [0.3, 0.4) is 0 Å². The third-order valence-corrected chi connectivity index (χ3v) is 17.1. The molecular weight excluding hydrogens is 1020 g/mol. The third kappa shape index (κ3) is 12.7. The quantitative estimate of drug-likeness (QED) is 0.0744. The topological polar surface area (TPSA) is 217 Å². The summed E-state index contributed by atoms with van der Waals surface area (Å²) in [6.45, 7) is 15.1. The number of piperidine rings is 3. The van der Waals surface area contributed by atoms with Crippen molar-refractivity contribution in [2.75, 3.05) is 36.9 Å². The molecule has 0 bridgehead atoms. The number of hydrogen-bond acceptors (Lipinski definition) is 13. The molecule has 8 rings (SSSR count). The van der Waals surface area contributed by atoms with Gasteiger partial charge in [0.2, 0.25) is 21.8 Å². The van der Waals surface area contributed by atoms with Crippen LogP contribution in [-0.2, 0) is 46.7 Å². The summed E-state index contributed by atoms with van der Waals surface area (Å²) < 4.78 is 49.9. The normalized spacial score (nSPS) is 19.6. The summed E-state index contributed by atoms with van der Waals surface area (Å²) in [7, 11) is -2.17. The average Bonchev–Trinajstić information content (AvgIpc) is 3.78. The van der Waals surface area contributed by atoms with Crippen LogP contribution in [0.1, 0.15) is 127 Å². The van der Waals surface area contributed by atoms with Gasteiger partial charge in [0.1, 0.15) is 22.3 Å². The molecule has 2 aromatic heterocycles. The monoisotopic (exact) mass is 1090 g/mol. The number of imide groups is 1. The van der Waals surface area contributed by atoms with E-state index in [0.29, 0.717) is 58.7 Å². The molecule has 3 N–H and O–H groups in total. The number of ether oxygens (including phenoxy) is 3. The molecule has 21 heteroatoms. The molecule has 0 spiro atoms. The number of nitrogens with zero attached hydrogens (tertiary/aromatic N) is 4. The number of halogens is 1. The largest absolute Gasteiger partial charge is 0.479 e. The molecule has 0 saturated carbocycles. The van der Waals surface area contributed by atoms with Gasteiger partial charge in [0, 0.05) is 62.0 Å². The lowest BCUT2D eigenvalue weighted by Gasteiger charge is -2.45. The predicted molar refractivity (Wildman–Crippen MR) is 289 cm³/mol. The van der Waals surface area contributed by atoms with Gasteiger partial charge in [-0.1, -0.05) is 41.9 Å². The Bertz CT molecular complexity index is 3220. The minimum Gasteiger partial charge on any atom is -0.479 e. The van der Waals surface area contributed by atoms with E-state index < -0.39 is 57.3 Å². The van der Waals surface area contributed by atoms with E-state index in [0.717, 1.165) is 35.4 Å². The fraction of sp³-hybridized carbons (Fsp3) is 0.481. The van der Waals surface area contributed by atoms with Gasteiger partial charge in [-0.2, -0.15) is 4.31 Å². The number of likely N-dealkylation sites (tertiary alicyclic amines) is 1. The Hall–Kier alpha value is -6.22. The first-order valence-corrected chi connectivity index (χ1v) is 27.9. The summed E-state index contributed by atoms with van der Waals surface area (Å²) in [5.41, 5.74) is 2.00. The van der Waals surface area contributed by atoms with E-state index in [4.69, 9.17) is 25.8 Å². The molecule has 3 atom stereocenters. The van der Waals surface area contributed by atoms with Crippen molar-refractivity contribution < 1.29 is 46.6 Å². The second-order valence-electron chi connectivity index (χ2n) is 22.2. The van der Waals surface area contributed by atoms with Crippen molar-refractivity contribution in [3.8, 4) is 16.2 Å². The third-order valence-electron chi connectivity index (χ3n) is 13.4. The summed E-state index contributed by atoms with van der Waals surface area (Å²) in [6.07, 6.45) is 2.98. The zero-order valence-corrected chi connectivity index (χ0v) is 46.2. The predicted octanol–water partition coefficient (Wildman–Crippen LogP) is 8.97. The number of carbonyl (C=O) groups is 5. The van der Waals surface area contributed by atoms with E-state index in [-0.39, 0.29) is 70.4 Å². The summed E-state index contributed by atoms with van der Waals surface area (Å²) >= 11 is 8.02. The van der Waals surface area contributed by atoms with Gasteiger partial charge in [0.15, 0.2) is 17.2 Å². The molecule has 5 aromatic rings. The molecule has 0 aliphatic carbocycles. The lowest BCUT2D eigenvalue weighted by molar-refractivity contribution is -0.157. The highest BCUT2D eigenvalue weighted by molar-refractivity contribution is 7.88. The zero-order valence-electron chi connectivity index (χ0n) is 43.8. The van der Waals surface area contributed by atoms with E-state index in [1.54, 1.807) is 82.1 Å². The van der Waals surface area contributed by atoms with Crippen LogP contribution in [0.2, 0.25) is 5.02 Å². The van der Waals surface area contributed by atoms with E-state index in [1.165, 1.54) is 9.13 Å². The summed E-state index contributed by atoms with van der Waals surface area (Å²) in [6, 6.07) is 18.9. The number of carbonyl (C=O) groups excluding carboxylic acids is 5. The molecule has 5 heterocycles. The van der Waals surface area contributed by atoms with E-state index >= 15 is 0 Å². The van der Waals surface area contributed by atoms with Crippen molar-refractivity contribution in [3.63, 3.8) is 0 Å². The molecule has 18 nitrogen and oxygen atoms in total. The highest BCUT2D eigenvalue weighted by atomic mass is 35.5. The Morgan fingerprint density at radius 3 is 2.31 bits per heavy atom. The van der Waals surface area contributed by atoms with Crippen LogP contribution >= 0.6 is 22.9 Å².